The van der Waals surface area contributed by atoms with Gasteiger partial charge in [0.05, 0.1) is 0 Å². The average Bonchev–Trinajstić information content (AvgIpc) is 2.75. The third-order valence-electron chi connectivity index (χ3n) is 3.04. The molecule has 0 saturated heterocycles. The average molecular weight is 258 g/mol. The van der Waals surface area contributed by atoms with Gasteiger partial charge in [-0.25, -0.2) is 9.97 Å². The summed E-state index contributed by atoms with van der Waals surface area (Å²) in [7, 11) is 0. The number of hydrogen-bond acceptors (Lipinski definition) is 3. The molecule has 2 aromatic rings. The maximum atomic E-state index is 4.56. The molecular formula is C15H22N4. The molecule has 0 radical (unpaired) electrons. The maximum Gasteiger partial charge on any atom is 0.140 e. The molecule has 0 aliphatic rings. The quantitative estimate of drug-likeness (QED) is 0.896. The van der Waals surface area contributed by atoms with Crippen molar-refractivity contribution >= 4 is 0 Å². The molecule has 19 heavy (non-hydrogen) atoms. The Labute approximate surface area is 114 Å². The molecule has 1 N–H and O–H groups in total. The van der Waals surface area contributed by atoms with E-state index in [9.17, 15) is 0 Å². The first-order valence-electron chi connectivity index (χ1n) is 6.74. The largest absolute Gasteiger partial charge is 0.312 e. The van der Waals surface area contributed by atoms with Crippen molar-refractivity contribution in [1.29, 1.82) is 0 Å². The van der Waals surface area contributed by atoms with E-state index in [1.165, 1.54) is 11.1 Å². The van der Waals surface area contributed by atoms with Gasteiger partial charge in [-0.15, -0.1) is 0 Å². The van der Waals surface area contributed by atoms with Crippen LogP contribution in [-0.4, -0.2) is 21.1 Å². The van der Waals surface area contributed by atoms with Crippen molar-refractivity contribution in [3.8, 4) is 5.82 Å². The summed E-state index contributed by atoms with van der Waals surface area (Å²) in [5.74, 6) is 2.59. The fraction of sp³-hybridized carbons (Fsp3) is 0.467. The van der Waals surface area contributed by atoms with Crippen LogP contribution in [0.4, 0.5) is 0 Å². The van der Waals surface area contributed by atoms with Crippen molar-refractivity contribution in [2.45, 2.75) is 34.2 Å². The normalized spacial score (nSPS) is 11.2. The van der Waals surface area contributed by atoms with E-state index in [1.807, 2.05) is 23.9 Å². The number of nitrogens with one attached hydrogen (secondary N) is 1. The Morgan fingerprint density at radius 2 is 2.05 bits per heavy atom. The summed E-state index contributed by atoms with van der Waals surface area (Å²) in [6, 6.07) is 2.19. The Morgan fingerprint density at radius 1 is 1.26 bits per heavy atom. The van der Waals surface area contributed by atoms with Gasteiger partial charge in [0.15, 0.2) is 0 Å². The molecule has 0 atom stereocenters. The minimum absolute atomic E-state index is 0.668. The summed E-state index contributed by atoms with van der Waals surface area (Å²) < 4.78 is 2.01. The van der Waals surface area contributed by atoms with Crippen LogP contribution in [0.15, 0.2) is 24.7 Å². The van der Waals surface area contributed by atoms with E-state index < -0.39 is 0 Å². The van der Waals surface area contributed by atoms with E-state index in [0.717, 1.165) is 24.7 Å². The van der Waals surface area contributed by atoms with Crippen molar-refractivity contribution in [3.05, 3.63) is 41.6 Å². The number of imidazole rings is 1. The molecule has 0 saturated carbocycles. The third-order valence-corrected chi connectivity index (χ3v) is 3.04. The van der Waals surface area contributed by atoms with E-state index in [1.54, 1.807) is 6.20 Å². The van der Waals surface area contributed by atoms with Gasteiger partial charge in [0.1, 0.15) is 11.6 Å². The second-order valence-electron chi connectivity index (χ2n) is 5.35. The Morgan fingerprint density at radius 3 is 2.63 bits per heavy atom. The lowest BCUT2D eigenvalue weighted by Gasteiger charge is -2.11. The topological polar surface area (TPSA) is 42.7 Å². The van der Waals surface area contributed by atoms with Crippen LogP contribution < -0.4 is 5.32 Å². The molecule has 2 rings (SSSR count). The van der Waals surface area contributed by atoms with Crippen LogP contribution in [0.3, 0.4) is 0 Å². The van der Waals surface area contributed by atoms with Crippen LogP contribution >= 0.6 is 0 Å². The molecule has 0 unspecified atom stereocenters. The molecule has 0 spiro atoms. The SMILES string of the molecule is Cc1cc(CNCC(C)C)cnc1-n1ccnc1C. The van der Waals surface area contributed by atoms with Gasteiger partial charge in [-0.3, -0.25) is 4.57 Å². The third kappa shape index (κ3) is 3.41. The van der Waals surface area contributed by atoms with Crippen molar-refractivity contribution in [2.24, 2.45) is 5.92 Å². The molecule has 4 nitrogen and oxygen atoms in total. The van der Waals surface area contributed by atoms with Gasteiger partial charge in [0.25, 0.3) is 0 Å². The second-order valence-corrected chi connectivity index (χ2v) is 5.35. The molecule has 4 heteroatoms. The predicted molar refractivity (Wildman–Crippen MR) is 77.4 cm³/mol. The monoisotopic (exact) mass is 258 g/mol. The first kappa shape index (κ1) is 13.7. The zero-order valence-electron chi connectivity index (χ0n) is 12.1. The molecule has 2 aromatic heterocycles. The predicted octanol–water partition coefficient (Wildman–Crippen LogP) is 2.63. The maximum absolute atomic E-state index is 4.56. The van der Waals surface area contributed by atoms with Gasteiger partial charge in [-0.05, 0) is 43.5 Å². The van der Waals surface area contributed by atoms with Gasteiger partial charge in [-0.2, -0.15) is 0 Å². The summed E-state index contributed by atoms with van der Waals surface area (Å²) in [6.07, 6.45) is 5.69. The van der Waals surface area contributed by atoms with Crippen molar-refractivity contribution in [1.82, 2.24) is 19.9 Å². The molecule has 0 bridgehead atoms. The molecular weight excluding hydrogens is 236 g/mol. The smallest absolute Gasteiger partial charge is 0.140 e. The molecule has 0 amide bonds. The zero-order valence-corrected chi connectivity index (χ0v) is 12.1. The Bertz CT molecular complexity index is 543. The number of pyridine rings is 1. The molecule has 0 fully saturated rings. The van der Waals surface area contributed by atoms with Gasteiger partial charge in [0, 0.05) is 25.1 Å². The Hall–Kier alpha value is -1.68. The fourth-order valence-corrected chi connectivity index (χ4v) is 2.08. The summed E-state index contributed by atoms with van der Waals surface area (Å²) in [5.41, 5.74) is 2.39. The number of aromatic nitrogens is 3. The van der Waals surface area contributed by atoms with Crippen LogP contribution in [0.5, 0.6) is 0 Å². The second kappa shape index (κ2) is 5.97. The van der Waals surface area contributed by atoms with Crippen LogP contribution in [0, 0.1) is 19.8 Å². The van der Waals surface area contributed by atoms with Crippen LogP contribution in [-0.2, 0) is 6.54 Å². The van der Waals surface area contributed by atoms with Gasteiger partial charge in [0.2, 0.25) is 0 Å². The van der Waals surface area contributed by atoms with Crippen molar-refractivity contribution in [2.75, 3.05) is 6.54 Å². The highest BCUT2D eigenvalue weighted by molar-refractivity contribution is 5.36. The highest BCUT2D eigenvalue weighted by atomic mass is 15.1. The van der Waals surface area contributed by atoms with Crippen LogP contribution in [0.2, 0.25) is 0 Å². The van der Waals surface area contributed by atoms with Crippen molar-refractivity contribution in [3.63, 3.8) is 0 Å². The number of aryl methyl sites for hydroxylation is 2. The van der Waals surface area contributed by atoms with Gasteiger partial charge in [-0.1, -0.05) is 13.8 Å². The lowest BCUT2D eigenvalue weighted by molar-refractivity contribution is 0.551. The first-order valence-corrected chi connectivity index (χ1v) is 6.74. The van der Waals surface area contributed by atoms with Gasteiger partial charge >= 0.3 is 0 Å². The van der Waals surface area contributed by atoms with Crippen molar-refractivity contribution < 1.29 is 0 Å². The highest BCUT2D eigenvalue weighted by Crippen LogP contribution is 2.14. The van der Waals surface area contributed by atoms with E-state index in [0.29, 0.717) is 5.92 Å². The molecule has 2 heterocycles. The van der Waals surface area contributed by atoms with E-state index >= 15 is 0 Å². The molecule has 102 valence electrons. The number of nitrogens with zero attached hydrogens (tertiary/aromatic N) is 3. The van der Waals surface area contributed by atoms with Gasteiger partial charge < -0.3 is 5.32 Å². The summed E-state index contributed by atoms with van der Waals surface area (Å²) in [6.45, 7) is 10.4. The Kier molecular flexibility index (Phi) is 4.32. The standard InChI is InChI=1S/C15H22N4/c1-11(2)8-16-9-14-7-12(3)15(18-10-14)19-6-5-17-13(19)4/h5-7,10-11,16H,8-9H2,1-4H3. The lowest BCUT2D eigenvalue weighted by atomic mass is 10.2. The summed E-state index contributed by atoms with van der Waals surface area (Å²) in [4.78, 5) is 8.80. The number of rotatable bonds is 5. The van der Waals surface area contributed by atoms with Crippen LogP contribution in [0.25, 0.3) is 5.82 Å². The van der Waals surface area contributed by atoms with E-state index in [-0.39, 0.29) is 0 Å². The minimum Gasteiger partial charge on any atom is -0.312 e. The minimum atomic E-state index is 0.668. The van der Waals surface area contributed by atoms with E-state index in [4.69, 9.17) is 0 Å². The fourth-order valence-electron chi connectivity index (χ4n) is 2.08. The van der Waals surface area contributed by atoms with E-state index in [2.05, 4.69) is 42.1 Å². The first-order chi connectivity index (χ1) is 9.08. The summed E-state index contributed by atoms with van der Waals surface area (Å²) in [5, 5.41) is 3.43. The molecule has 0 aliphatic heterocycles. The highest BCUT2D eigenvalue weighted by Gasteiger charge is 2.06. The summed E-state index contributed by atoms with van der Waals surface area (Å²) >= 11 is 0. The lowest BCUT2D eigenvalue weighted by Crippen LogP contribution is -2.19. The van der Waals surface area contributed by atoms with Crippen LogP contribution in [0.1, 0.15) is 30.8 Å². The number of hydrogen-bond donors (Lipinski definition) is 1. The molecule has 0 aromatic carbocycles. The Balaban J connectivity index is 2.12. The zero-order chi connectivity index (χ0) is 13.8. The molecule has 0 aliphatic carbocycles.